The molecule has 0 aromatic heterocycles. The number of hydrogen-bond acceptors (Lipinski definition) is 6. The van der Waals surface area contributed by atoms with E-state index in [1.54, 1.807) is 0 Å². The molecular weight excluding hydrogens is 817 g/mol. The van der Waals surface area contributed by atoms with E-state index in [2.05, 4.69) is 201 Å². The molecule has 2 amide bonds. The first-order chi connectivity index (χ1) is 31.1. The van der Waals surface area contributed by atoms with Crippen molar-refractivity contribution >= 4 is 12.2 Å². The molecule has 0 radical (unpaired) electrons. The predicted octanol–water partition coefficient (Wildman–Crippen LogP) is 12.3. The highest BCUT2D eigenvalue weighted by molar-refractivity contribution is 5.67. The van der Waals surface area contributed by atoms with E-state index in [-0.39, 0.29) is 70.0 Å². The van der Waals surface area contributed by atoms with E-state index >= 15 is 0 Å². The summed E-state index contributed by atoms with van der Waals surface area (Å²) in [5.41, 5.74) is 10.6. The monoisotopic (exact) mass is 899 g/mol. The molecule has 2 heterocycles. The number of carbonyl (C=O) groups is 2. The van der Waals surface area contributed by atoms with E-state index in [0.29, 0.717) is 26.2 Å². The normalized spacial score (nSPS) is 19.3. The minimum atomic E-state index is -0.362. The third kappa shape index (κ3) is 13.9. The van der Waals surface area contributed by atoms with Crippen molar-refractivity contribution < 1.29 is 19.1 Å². The van der Waals surface area contributed by atoms with Crippen LogP contribution in [0.15, 0.2) is 97.1 Å². The van der Waals surface area contributed by atoms with Crippen molar-refractivity contribution in [2.75, 3.05) is 26.2 Å². The van der Waals surface area contributed by atoms with Gasteiger partial charge < -0.3 is 30.7 Å². The van der Waals surface area contributed by atoms with Crippen LogP contribution < -0.4 is 21.3 Å². The van der Waals surface area contributed by atoms with Gasteiger partial charge >= 0.3 is 12.2 Å². The molecule has 0 bridgehead atoms. The maximum atomic E-state index is 12.9. The summed E-state index contributed by atoms with van der Waals surface area (Å²) >= 11 is 0. The average molecular weight is 899 g/mol. The SMILES string of the molecule is CC(C)(C)c1ccc(C(c2ccc(C(C)(C)C)cc2)[C@H]2C[C@@H](OC(=O)NCCCCCCNC(=O)O[C@H]3CN[C@@H](C(c4ccc(C(C)(C)C)cc4)c4ccc(C(C)(C)C)cc4)C3)CN2)cc1. The maximum absolute atomic E-state index is 12.9. The molecule has 4 aromatic rings. The summed E-state index contributed by atoms with van der Waals surface area (Å²) < 4.78 is 11.9. The average Bonchev–Trinajstić information content (AvgIpc) is 3.91. The standard InChI is InChI=1S/C58H82N4O4/c1-55(2,3)43-25-17-39(18-26-43)51(40-19-27-44(28-20-40)56(4,5)6)49-35-47(37-61-49)65-53(63)59-33-15-13-14-16-34-60-54(64)66-48-36-50(62-38-48)52(41-21-29-45(30-22-41)57(7,8)9)42-23-31-46(32-24-42)58(10,11)12/h17-32,47-52,61-62H,13-16,33-38H2,1-12H3,(H,59,63)(H,60,64)/t47-,48-,49-,50-/m1/s1. The molecule has 66 heavy (non-hydrogen) atoms. The molecule has 2 aliphatic rings. The number of carbonyl (C=O) groups excluding carboxylic acids is 2. The van der Waals surface area contributed by atoms with Crippen LogP contribution in [0.1, 0.15) is 178 Å². The topological polar surface area (TPSA) is 101 Å². The molecule has 2 saturated heterocycles. The third-order valence-corrected chi connectivity index (χ3v) is 13.8. The van der Waals surface area contributed by atoms with Crippen LogP contribution in [0.25, 0.3) is 0 Å². The van der Waals surface area contributed by atoms with Crippen LogP contribution in [-0.2, 0) is 31.1 Å². The van der Waals surface area contributed by atoms with Crippen molar-refractivity contribution in [1.82, 2.24) is 21.3 Å². The molecule has 8 heteroatoms. The number of nitrogens with one attached hydrogen (secondary N) is 4. The molecule has 4 aromatic carbocycles. The molecule has 2 aliphatic heterocycles. The molecule has 0 saturated carbocycles. The molecule has 8 nitrogen and oxygen atoms in total. The minimum Gasteiger partial charge on any atom is -0.445 e. The van der Waals surface area contributed by atoms with Crippen LogP contribution in [0.3, 0.4) is 0 Å². The second-order valence-electron chi connectivity index (χ2n) is 23.3. The molecule has 0 unspecified atom stereocenters. The Morgan fingerprint density at radius 2 is 0.712 bits per heavy atom. The highest BCUT2D eigenvalue weighted by atomic mass is 16.6. The number of hydrogen-bond donors (Lipinski definition) is 4. The van der Waals surface area contributed by atoms with Crippen LogP contribution in [0.4, 0.5) is 9.59 Å². The highest BCUT2D eigenvalue weighted by Gasteiger charge is 2.36. The van der Waals surface area contributed by atoms with Crippen molar-refractivity contribution in [1.29, 1.82) is 0 Å². The summed E-state index contributed by atoms with van der Waals surface area (Å²) in [6.07, 6.45) is 3.93. The van der Waals surface area contributed by atoms with Crippen LogP contribution in [0.5, 0.6) is 0 Å². The van der Waals surface area contributed by atoms with Gasteiger partial charge in [-0.05, 0) is 79.0 Å². The fourth-order valence-electron chi connectivity index (χ4n) is 9.60. The van der Waals surface area contributed by atoms with Gasteiger partial charge in [-0.3, -0.25) is 0 Å². The van der Waals surface area contributed by atoms with Crippen molar-refractivity contribution in [2.45, 2.75) is 179 Å². The Bertz CT molecular complexity index is 1880. The lowest BCUT2D eigenvalue weighted by molar-refractivity contribution is 0.104. The largest absolute Gasteiger partial charge is 0.445 e. The Kier molecular flexibility index (Phi) is 16.6. The van der Waals surface area contributed by atoms with Crippen molar-refractivity contribution in [3.8, 4) is 0 Å². The molecule has 6 rings (SSSR count). The van der Waals surface area contributed by atoms with Gasteiger partial charge in [0, 0.05) is 62.9 Å². The number of unbranched alkanes of at least 4 members (excludes halogenated alkanes) is 3. The van der Waals surface area contributed by atoms with Crippen molar-refractivity contribution in [3.05, 3.63) is 142 Å². The highest BCUT2D eigenvalue weighted by Crippen LogP contribution is 2.37. The number of alkyl carbamates (subject to hydrolysis) is 2. The minimum absolute atomic E-state index is 0.0823. The fraction of sp³-hybridized carbons (Fsp3) is 0.552. The molecule has 0 spiro atoms. The van der Waals surface area contributed by atoms with E-state index in [0.717, 1.165) is 38.5 Å². The second-order valence-corrected chi connectivity index (χ2v) is 23.3. The zero-order valence-corrected chi connectivity index (χ0v) is 42.4. The van der Waals surface area contributed by atoms with Gasteiger partial charge in [0.15, 0.2) is 0 Å². The number of rotatable bonds is 15. The van der Waals surface area contributed by atoms with Crippen LogP contribution in [0, 0.1) is 0 Å². The molecule has 4 atom stereocenters. The van der Waals surface area contributed by atoms with Gasteiger partial charge in [-0.25, -0.2) is 9.59 Å². The summed E-state index contributed by atoms with van der Waals surface area (Å²) in [6, 6.07) is 36.5. The second kappa shape index (κ2) is 21.5. The summed E-state index contributed by atoms with van der Waals surface area (Å²) in [5.74, 6) is 0.270. The molecule has 358 valence electrons. The lowest BCUT2D eigenvalue weighted by Gasteiger charge is -2.27. The fourth-order valence-corrected chi connectivity index (χ4v) is 9.60. The van der Waals surface area contributed by atoms with Gasteiger partial charge in [0.1, 0.15) is 12.2 Å². The van der Waals surface area contributed by atoms with Gasteiger partial charge in [0.2, 0.25) is 0 Å². The number of ether oxygens (including phenoxy) is 2. The van der Waals surface area contributed by atoms with Gasteiger partial charge in [0.05, 0.1) is 0 Å². The van der Waals surface area contributed by atoms with Gasteiger partial charge in [0.25, 0.3) is 0 Å². The first-order valence-corrected chi connectivity index (χ1v) is 24.8. The zero-order chi connectivity index (χ0) is 47.9. The Balaban J connectivity index is 0.901. The summed E-state index contributed by atoms with van der Waals surface area (Å²) in [5, 5.41) is 13.4. The van der Waals surface area contributed by atoms with E-state index in [1.165, 1.54) is 44.5 Å². The summed E-state index contributed by atoms with van der Waals surface area (Å²) in [7, 11) is 0. The number of benzene rings is 4. The lowest BCUT2D eigenvalue weighted by atomic mass is 9.80. The third-order valence-electron chi connectivity index (χ3n) is 13.8. The summed E-state index contributed by atoms with van der Waals surface area (Å²) in [6.45, 7) is 29.3. The molecule has 2 fully saturated rings. The van der Waals surface area contributed by atoms with E-state index < -0.39 is 0 Å². The maximum Gasteiger partial charge on any atom is 0.407 e. The van der Waals surface area contributed by atoms with Crippen molar-refractivity contribution in [3.63, 3.8) is 0 Å². The predicted molar refractivity (Wildman–Crippen MR) is 272 cm³/mol. The van der Waals surface area contributed by atoms with Gasteiger partial charge in [-0.15, -0.1) is 0 Å². The summed E-state index contributed by atoms with van der Waals surface area (Å²) in [4.78, 5) is 25.8. The molecular formula is C58H82N4O4. The Morgan fingerprint density at radius 1 is 0.455 bits per heavy atom. The van der Waals surface area contributed by atoms with Crippen LogP contribution in [0.2, 0.25) is 0 Å². The van der Waals surface area contributed by atoms with Gasteiger partial charge in [-0.2, -0.15) is 0 Å². The van der Waals surface area contributed by atoms with Gasteiger partial charge in [-0.1, -0.05) is 193 Å². The number of amides is 2. The molecule has 4 N–H and O–H groups in total. The van der Waals surface area contributed by atoms with Crippen molar-refractivity contribution in [2.24, 2.45) is 0 Å². The van der Waals surface area contributed by atoms with E-state index in [9.17, 15) is 9.59 Å². The quantitative estimate of drug-likeness (QED) is 0.0887. The van der Waals surface area contributed by atoms with Crippen LogP contribution in [-0.4, -0.2) is 62.7 Å². The lowest BCUT2D eigenvalue weighted by Crippen LogP contribution is -2.31. The Hall–Kier alpha value is -4.66. The smallest absolute Gasteiger partial charge is 0.407 e. The Morgan fingerprint density at radius 3 is 0.955 bits per heavy atom. The van der Waals surface area contributed by atoms with Crippen LogP contribution >= 0.6 is 0 Å². The van der Waals surface area contributed by atoms with E-state index in [1.807, 2.05) is 0 Å². The first-order valence-electron chi connectivity index (χ1n) is 24.8. The van der Waals surface area contributed by atoms with E-state index in [4.69, 9.17) is 9.47 Å². The zero-order valence-electron chi connectivity index (χ0n) is 42.4. The molecule has 0 aliphatic carbocycles. The first kappa shape index (κ1) is 50.7. The Labute approximate surface area is 398 Å².